The van der Waals surface area contributed by atoms with Crippen molar-refractivity contribution in [2.45, 2.75) is 25.4 Å². The summed E-state index contributed by atoms with van der Waals surface area (Å²) in [7, 11) is 0. The van der Waals surface area contributed by atoms with Crippen molar-refractivity contribution in [2.24, 2.45) is 5.92 Å². The minimum Gasteiger partial charge on any atom is -0.466 e. The van der Waals surface area contributed by atoms with Crippen molar-refractivity contribution in [3.05, 3.63) is 70.8 Å². The SMILES string of the molecule is CCOC(=O)C(CNC(=O)c1ccccc1)C(O)c1cc(C(F)(F)F)cc(C(F)(F)F)c1. The highest BCUT2D eigenvalue weighted by Crippen LogP contribution is 2.38. The molecule has 0 saturated carbocycles. The summed E-state index contributed by atoms with van der Waals surface area (Å²) in [6.07, 6.45) is -12.4. The van der Waals surface area contributed by atoms with E-state index >= 15 is 0 Å². The van der Waals surface area contributed by atoms with E-state index in [1.807, 2.05) is 0 Å². The molecule has 0 heterocycles. The molecule has 0 bridgehead atoms. The van der Waals surface area contributed by atoms with E-state index in [1.54, 1.807) is 18.2 Å². The van der Waals surface area contributed by atoms with Gasteiger partial charge >= 0.3 is 18.3 Å². The van der Waals surface area contributed by atoms with E-state index in [9.17, 15) is 41.0 Å². The molecule has 5 nitrogen and oxygen atoms in total. The van der Waals surface area contributed by atoms with Crippen LogP contribution in [0, 0.1) is 5.92 Å². The summed E-state index contributed by atoms with van der Waals surface area (Å²) in [4.78, 5) is 24.5. The molecule has 2 atom stereocenters. The Hall–Kier alpha value is -3.08. The number of esters is 1. The highest BCUT2D eigenvalue weighted by atomic mass is 19.4. The molecule has 0 spiro atoms. The summed E-state index contributed by atoms with van der Waals surface area (Å²) in [5, 5.41) is 12.9. The van der Waals surface area contributed by atoms with E-state index in [-0.39, 0.29) is 18.2 Å². The van der Waals surface area contributed by atoms with Gasteiger partial charge in [0.1, 0.15) is 5.92 Å². The number of amides is 1. The van der Waals surface area contributed by atoms with Gasteiger partial charge in [-0.1, -0.05) is 18.2 Å². The molecular formula is C21H19F6NO4. The second kappa shape index (κ2) is 10.0. The highest BCUT2D eigenvalue weighted by molar-refractivity contribution is 5.94. The summed E-state index contributed by atoms with van der Waals surface area (Å²) in [6, 6.07) is 8.24. The number of rotatable bonds is 7. The monoisotopic (exact) mass is 463 g/mol. The maximum Gasteiger partial charge on any atom is 0.416 e. The van der Waals surface area contributed by atoms with Gasteiger partial charge in [0.15, 0.2) is 0 Å². The molecule has 0 fully saturated rings. The molecule has 2 unspecified atom stereocenters. The molecule has 0 aromatic heterocycles. The largest absolute Gasteiger partial charge is 0.466 e. The predicted molar refractivity (Wildman–Crippen MR) is 100 cm³/mol. The fourth-order valence-corrected chi connectivity index (χ4v) is 2.85. The minimum absolute atomic E-state index is 0.0905. The lowest BCUT2D eigenvalue weighted by molar-refractivity contribution is -0.151. The second-order valence-electron chi connectivity index (χ2n) is 6.72. The van der Waals surface area contributed by atoms with Crippen LogP contribution in [-0.4, -0.2) is 30.1 Å². The first-order valence-electron chi connectivity index (χ1n) is 9.32. The van der Waals surface area contributed by atoms with Gasteiger partial charge in [0.25, 0.3) is 5.91 Å². The number of alkyl halides is 6. The highest BCUT2D eigenvalue weighted by Gasteiger charge is 2.39. The van der Waals surface area contributed by atoms with Gasteiger partial charge in [-0.2, -0.15) is 26.3 Å². The van der Waals surface area contributed by atoms with Crippen LogP contribution in [0.2, 0.25) is 0 Å². The normalized spacial score (nSPS) is 13.9. The number of hydrogen-bond acceptors (Lipinski definition) is 4. The van der Waals surface area contributed by atoms with Crippen molar-refractivity contribution < 1.29 is 45.8 Å². The average molecular weight is 463 g/mol. The van der Waals surface area contributed by atoms with Crippen LogP contribution < -0.4 is 5.32 Å². The fraction of sp³-hybridized carbons (Fsp3) is 0.333. The van der Waals surface area contributed by atoms with Gasteiger partial charge in [0.2, 0.25) is 0 Å². The van der Waals surface area contributed by atoms with Crippen LogP contribution in [0.5, 0.6) is 0 Å². The van der Waals surface area contributed by atoms with Crippen LogP contribution in [0.1, 0.15) is 40.1 Å². The molecule has 0 saturated heterocycles. The summed E-state index contributed by atoms with van der Waals surface area (Å²) < 4.78 is 83.5. The Morgan fingerprint density at radius 2 is 1.50 bits per heavy atom. The number of carbonyl (C=O) groups is 2. The lowest BCUT2D eigenvalue weighted by Gasteiger charge is -2.24. The van der Waals surface area contributed by atoms with Gasteiger partial charge in [0.05, 0.1) is 23.8 Å². The lowest BCUT2D eigenvalue weighted by atomic mass is 9.92. The summed E-state index contributed by atoms with van der Waals surface area (Å²) in [5.74, 6) is -3.42. The van der Waals surface area contributed by atoms with E-state index in [2.05, 4.69) is 5.32 Å². The molecule has 32 heavy (non-hydrogen) atoms. The van der Waals surface area contributed by atoms with Gasteiger partial charge in [0, 0.05) is 12.1 Å². The Labute approximate surface area is 179 Å². The summed E-state index contributed by atoms with van der Waals surface area (Å²) >= 11 is 0. The smallest absolute Gasteiger partial charge is 0.416 e. The van der Waals surface area contributed by atoms with Gasteiger partial charge in [-0.3, -0.25) is 9.59 Å². The average Bonchev–Trinajstić information content (AvgIpc) is 2.72. The Balaban J connectivity index is 2.39. The van der Waals surface area contributed by atoms with Crippen LogP contribution in [0.25, 0.3) is 0 Å². The molecule has 0 aliphatic heterocycles. The van der Waals surface area contributed by atoms with Gasteiger partial charge in [-0.05, 0) is 42.8 Å². The van der Waals surface area contributed by atoms with Crippen LogP contribution in [0.3, 0.4) is 0 Å². The Kier molecular flexibility index (Phi) is 7.89. The summed E-state index contributed by atoms with van der Waals surface area (Å²) in [6.45, 7) is 0.673. The first-order valence-corrected chi connectivity index (χ1v) is 9.32. The molecule has 2 N–H and O–H groups in total. The van der Waals surface area contributed by atoms with E-state index in [0.717, 1.165) is 0 Å². The van der Waals surface area contributed by atoms with E-state index in [1.165, 1.54) is 19.1 Å². The molecule has 2 rings (SSSR count). The molecule has 0 radical (unpaired) electrons. The maximum atomic E-state index is 13.1. The Bertz CT molecular complexity index is 911. The molecule has 0 aliphatic rings. The van der Waals surface area contributed by atoms with Crippen molar-refractivity contribution in [1.82, 2.24) is 5.32 Å². The Morgan fingerprint density at radius 1 is 0.969 bits per heavy atom. The third kappa shape index (κ3) is 6.46. The van der Waals surface area contributed by atoms with Crippen LogP contribution in [0.15, 0.2) is 48.5 Å². The summed E-state index contributed by atoms with van der Waals surface area (Å²) in [5.41, 5.74) is -3.88. The number of halogens is 6. The third-order valence-electron chi connectivity index (χ3n) is 4.44. The van der Waals surface area contributed by atoms with Gasteiger partial charge in [-0.25, -0.2) is 0 Å². The number of hydrogen-bond donors (Lipinski definition) is 2. The number of ether oxygens (including phenoxy) is 1. The van der Waals surface area contributed by atoms with Crippen molar-refractivity contribution >= 4 is 11.9 Å². The zero-order valence-corrected chi connectivity index (χ0v) is 16.6. The topological polar surface area (TPSA) is 75.6 Å². The predicted octanol–water partition coefficient (Wildman–Crippen LogP) is 4.37. The van der Waals surface area contributed by atoms with Gasteiger partial charge in [-0.15, -0.1) is 0 Å². The molecule has 11 heteroatoms. The first-order chi connectivity index (χ1) is 14.8. The van der Waals surface area contributed by atoms with Crippen molar-refractivity contribution in [2.75, 3.05) is 13.2 Å². The van der Waals surface area contributed by atoms with Crippen LogP contribution in [0.4, 0.5) is 26.3 Å². The molecule has 2 aromatic carbocycles. The minimum atomic E-state index is -5.13. The van der Waals surface area contributed by atoms with E-state index in [4.69, 9.17) is 4.74 Å². The van der Waals surface area contributed by atoms with Crippen LogP contribution in [-0.2, 0) is 21.9 Å². The molecule has 2 aromatic rings. The zero-order valence-electron chi connectivity index (χ0n) is 16.6. The quantitative estimate of drug-likeness (QED) is 0.473. The van der Waals surface area contributed by atoms with Crippen molar-refractivity contribution in [1.29, 1.82) is 0 Å². The fourth-order valence-electron chi connectivity index (χ4n) is 2.85. The zero-order chi connectivity index (χ0) is 24.1. The van der Waals surface area contributed by atoms with E-state index in [0.29, 0.717) is 12.1 Å². The lowest BCUT2D eigenvalue weighted by Crippen LogP contribution is -2.37. The molecular weight excluding hydrogens is 444 g/mol. The van der Waals surface area contributed by atoms with Crippen molar-refractivity contribution in [3.63, 3.8) is 0 Å². The molecule has 1 amide bonds. The molecule has 174 valence electrons. The first kappa shape index (κ1) is 25.2. The maximum absolute atomic E-state index is 13.1. The van der Waals surface area contributed by atoms with Gasteiger partial charge < -0.3 is 15.2 Å². The second-order valence-corrected chi connectivity index (χ2v) is 6.72. The third-order valence-corrected chi connectivity index (χ3v) is 4.44. The number of benzene rings is 2. The number of aliphatic hydroxyl groups excluding tert-OH is 1. The van der Waals surface area contributed by atoms with E-state index < -0.39 is 59.5 Å². The number of carbonyl (C=O) groups excluding carboxylic acids is 2. The van der Waals surface area contributed by atoms with Crippen molar-refractivity contribution in [3.8, 4) is 0 Å². The number of nitrogens with one attached hydrogen (secondary N) is 1. The molecule has 0 aliphatic carbocycles. The number of aliphatic hydroxyl groups is 1. The Morgan fingerprint density at radius 3 is 1.97 bits per heavy atom. The standard InChI is InChI=1S/C21H19F6NO4/c1-2-32-19(31)16(11-28-18(30)12-6-4-3-5-7-12)17(29)13-8-14(20(22,23)24)10-15(9-13)21(25,26)27/h3-10,16-17,29H,2,11H2,1H3,(H,28,30). The van der Waals surface area contributed by atoms with Crippen LogP contribution >= 0.6 is 0 Å².